The summed E-state index contributed by atoms with van der Waals surface area (Å²) in [7, 11) is 0. The molecule has 16 N–H and O–H groups in total. The standard InChI is InChI=1S/C58H92O28/c1-22-42(82-46-39(71)32(64)26(62)20-77-46)38(70)41(73)47(79-22)83-43-33(65)27(63)21-78-49(43)86-52(76)58-14-12-53(2,3)16-24(58)23-8-9-30-54(4)17-25(61)45(57(7,51(74)75)31(54)10-11-56(30,6)55(23,5)13-15-58)85-50-44(37(69)35(67)29(19-60)81-50)84-48-40(72)36(68)34(66)28(18-59)80-48/h8,22,24-50,59-73H,9-21H2,1-7H3,(H,74,75)/t22-,24-,25-,26+,27-,28+,29+,30+,31+,32-,33-,34+,35+,36-,37-,38-,39+,40+,41+,42-,43+,44+,45-,46-,47-,48-,49-,50-,54+,55+,56+,57-,58-/m0/s1. The maximum Gasteiger partial charge on any atom is 0.315 e. The summed E-state index contributed by atoms with van der Waals surface area (Å²) < 4.78 is 59.2. The summed E-state index contributed by atoms with van der Waals surface area (Å²) in [6.45, 7) is 11.1. The smallest absolute Gasteiger partial charge is 0.315 e. The molecule has 0 aromatic rings. The van der Waals surface area contributed by atoms with Crippen LogP contribution in [0.5, 0.6) is 0 Å². The van der Waals surface area contributed by atoms with Gasteiger partial charge in [0.15, 0.2) is 31.3 Å². The number of hydrogen-bond acceptors (Lipinski definition) is 27. The van der Waals surface area contributed by atoms with Crippen molar-refractivity contribution in [1.29, 1.82) is 0 Å². The molecule has 28 nitrogen and oxygen atoms in total. The molecular formula is C58H92O28. The van der Waals surface area contributed by atoms with E-state index in [2.05, 4.69) is 33.8 Å². The minimum Gasteiger partial charge on any atom is -0.481 e. The number of aliphatic hydroxyl groups excluding tert-OH is 15. The lowest BCUT2D eigenvalue weighted by Crippen LogP contribution is -2.70. The van der Waals surface area contributed by atoms with E-state index in [4.69, 9.17) is 47.4 Å². The molecule has 0 aromatic carbocycles. The Hall–Kier alpha value is -2.28. The maximum absolute atomic E-state index is 15.4. The number of carboxylic acids is 1. The third-order valence-corrected chi connectivity index (χ3v) is 22.8. The fraction of sp³-hybridized carbons (Fsp3) is 0.931. The third-order valence-electron chi connectivity index (χ3n) is 22.8. The lowest BCUT2D eigenvalue weighted by molar-refractivity contribution is -0.382. The second kappa shape index (κ2) is 24.3. The van der Waals surface area contributed by atoms with Crippen LogP contribution in [0.3, 0.4) is 0 Å². The van der Waals surface area contributed by atoms with Gasteiger partial charge in [-0.1, -0.05) is 46.3 Å². The molecule has 0 spiro atoms. The number of rotatable bonds is 13. The lowest BCUT2D eigenvalue weighted by Gasteiger charge is -2.71. The molecule has 28 heteroatoms. The number of carbonyl (C=O) groups excluding carboxylic acids is 1. The second-order valence-electron chi connectivity index (χ2n) is 28.1. The van der Waals surface area contributed by atoms with Crippen LogP contribution in [-0.2, 0) is 57.0 Å². The van der Waals surface area contributed by atoms with Gasteiger partial charge >= 0.3 is 11.9 Å². The molecule has 0 bridgehead atoms. The van der Waals surface area contributed by atoms with Gasteiger partial charge in [-0.3, -0.25) is 9.59 Å². The van der Waals surface area contributed by atoms with Gasteiger partial charge in [0.05, 0.1) is 49.5 Å². The fourth-order valence-electron chi connectivity index (χ4n) is 17.4. The Balaban J connectivity index is 0.891. The van der Waals surface area contributed by atoms with E-state index in [9.17, 15) is 86.5 Å². The number of esters is 1. The summed E-state index contributed by atoms with van der Waals surface area (Å²) in [5.41, 5.74) is -4.30. The molecule has 0 amide bonds. The first-order valence-corrected chi connectivity index (χ1v) is 30.3. The largest absolute Gasteiger partial charge is 0.481 e. The Labute approximate surface area is 497 Å². The lowest BCUT2D eigenvalue weighted by atomic mass is 9.33. The maximum atomic E-state index is 15.4. The number of hydrogen-bond donors (Lipinski definition) is 16. The van der Waals surface area contributed by atoms with Crippen molar-refractivity contribution in [2.45, 2.75) is 260 Å². The minimum absolute atomic E-state index is 0.0215. The monoisotopic (exact) mass is 1240 g/mol. The van der Waals surface area contributed by atoms with Crippen LogP contribution >= 0.6 is 0 Å². The number of fused-ring (bicyclic) bond motifs is 7. The molecule has 4 saturated carbocycles. The highest BCUT2D eigenvalue weighted by molar-refractivity contribution is 5.79. The van der Waals surface area contributed by atoms with Crippen molar-refractivity contribution in [2.75, 3.05) is 26.4 Å². The van der Waals surface area contributed by atoms with E-state index in [1.807, 2.05) is 6.92 Å². The van der Waals surface area contributed by atoms with E-state index in [0.29, 0.717) is 51.4 Å². The predicted molar refractivity (Wildman–Crippen MR) is 285 cm³/mol. The van der Waals surface area contributed by atoms with Crippen LogP contribution in [0.15, 0.2) is 11.6 Å². The Kier molecular flexibility index (Phi) is 18.8. The van der Waals surface area contributed by atoms with Gasteiger partial charge in [-0.25, -0.2) is 0 Å². The van der Waals surface area contributed by atoms with E-state index < -0.39 is 231 Å². The minimum atomic E-state index is -1.97. The van der Waals surface area contributed by atoms with Gasteiger partial charge in [0, 0.05) is 0 Å². The highest BCUT2D eigenvalue weighted by Gasteiger charge is 2.73. The zero-order valence-corrected chi connectivity index (χ0v) is 49.5. The quantitative estimate of drug-likeness (QED) is 0.0477. The van der Waals surface area contributed by atoms with Crippen LogP contribution < -0.4 is 0 Å². The zero-order valence-electron chi connectivity index (χ0n) is 49.5. The molecule has 9 fully saturated rings. The molecule has 5 aliphatic heterocycles. The van der Waals surface area contributed by atoms with Crippen LogP contribution in [0.2, 0.25) is 0 Å². The summed E-state index contributed by atoms with van der Waals surface area (Å²) in [6, 6.07) is 0. The Bertz CT molecular complexity index is 2450. The number of ether oxygens (including phenoxy) is 10. The number of carboxylic acid groups (broad SMARTS) is 1. The van der Waals surface area contributed by atoms with Crippen LogP contribution in [-0.4, -0.2) is 274 Å². The van der Waals surface area contributed by atoms with Crippen LogP contribution in [0.25, 0.3) is 0 Å². The van der Waals surface area contributed by atoms with Crippen molar-refractivity contribution < 1.29 is 139 Å². The average molecular weight is 1240 g/mol. The Morgan fingerprint density at radius 2 is 1.08 bits per heavy atom. The average Bonchev–Trinajstić information content (AvgIpc) is 0.681. The van der Waals surface area contributed by atoms with E-state index in [1.165, 1.54) is 13.8 Å². The molecule has 0 aromatic heterocycles. The van der Waals surface area contributed by atoms with Gasteiger partial charge in [0.1, 0.15) is 104 Å². The van der Waals surface area contributed by atoms with Crippen LogP contribution in [0.4, 0.5) is 0 Å². The summed E-state index contributed by atoms with van der Waals surface area (Å²) >= 11 is 0. The number of carbonyl (C=O) groups is 2. The molecule has 33 atom stereocenters. The summed E-state index contributed by atoms with van der Waals surface area (Å²) in [5, 5.41) is 174. The summed E-state index contributed by atoms with van der Waals surface area (Å²) in [5.74, 6) is -3.28. The molecule has 10 rings (SSSR count). The van der Waals surface area contributed by atoms with E-state index in [0.717, 1.165) is 5.57 Å². The highest BCUT2D eigenvalue weighted by Crippen LogP contribution is 2.76. The van der Waals surface area contributed by atoms with Crippen molar-refractivity contribution in [3.05, 3.63) is 11.6 Å². The number of aliphatic hydroxyl groups is 15. The van der Waals surface area contributed by atoms with E-state index >= 15 is 4.79 Å². The van der Waals surface area contributed by atoms with Gasteiger partial charge in [-0.05, 0) is 111 Å². The van der Waals surface area contributed by atoms with Crippen molar-refractivity contribution >= 4 is 11.9 Å². The molecule has 492 valence electrons. The highest BCUT2D eigenvalue weighted by atomic mass is 16.8. The molecule has 10 aliphatic rings. The Morgan fingerprint density at radius 3 is 1.72 bits per heavy atom. The van der Waals surface area contributed by atoms with Crippen molar-refractivity contribution in [3.8, 4) is 0 Å². The first-order chi connectivity index (χ1) is 40.2. The zero-order chi connectivity index (χ0) is 62.9. The fourth-order valence-corrected chi connectivity index (χ4v) is 17.4. The van der Waals surface area contributed by atoms with Gasteiger partial charge in [-0.15, -0.1) is 0 Å². The number of aliphatic carboxylic acids is 1. The molecule has 5 aliphatic carbocycles. The molecule has 5 saturated heterocycles. The normalized spacial score (nSPS) is 54.7. The second-order valence-corrected chi connectivity index (χ2v) is 28.1. The Morgan fingerprint density at radius 1 is 0.547 bits per heavy atom. The van der Waals surface area contributed by atoms with Crippen LogP contribution in [0.1, 0.15) is 106 Å². The third kappa shape index (κ3) is 10.8. The van der Waals surface area contributed by atoms with Crippen molar-refractivity contribution in [3.63, 3.8) is 0 Å². The molecular weight excluding hydrogens is 1140 g/mol. The van der Waals surface area contributed by atoms with Gasteiger partial charge < -0.3 is 129 Å². The molecule has 86 heavy (non-hydrogen) atoms. The molecule has 0 unspecified atom stereocenters. The first-order valence-electron chi connectivity index (χ1n) is 30.3. The summed E-state index contributed by atoms with van der Waals surface area (Å²) in [6.07, 6.45) is -35.9. The topological polar surface area (TPSA) is 450 Å². The van der Waals surface area contributed by atoms with Crippen LogP contribution in [0, 0.1) is 50.2 Å². The molecule has 5 heterocycles. The van der Waals surface area contributed by atoms with Crippen molar-refractivity contribution in [2.24, 2.45) is 50.2 Å². The van der Waals surface area contributed by atoms with E-state index in [1.54, 1.807) is 0 Å². The van der Waals surface area contributed by atoms with Gasteiger partial charge in [0.2, 0.25) is 6.29 Å². The first kappa shape index (κ1) is 66.6. The summed E-state index contributed by atoms with van der Waals surface area (Å²) in [4.78, 5) is 29.5. The predicted octanol–water partition coefficient (Wildman–Crippen LogP) is -3.87. The molecule has 0 radical (unpaired) electrons. The van der Waals surface area contributed by atoms with Gasteiger partial charge in [-0.2, -0.15) is 0 Å². The number of allylic oxidation sites excluding steroid dienone is 2. The van der Waals surface area contributed by atoms with Gasteiger partial charge in [0.25, 0.3) is 0 Å². The SMILES string of the molecule is C[C@@H]1O[C@@H](O[C@H]2[C@H](OC(=O)[C@]34CCC(C)(C)C[C@H]3C3=CC[C@@H]5[C@@]6(C)C[C@H](O)[C@H](O[C@@H]7O[C@H](CO)[C@@H](O)[C@H](O)[C@H]7O[C@@H]7O[C@H](CO)[C@@H](O)[C@H](O)[C@H]7O)[C@@](C)(C(=O)O)[C@@H]6CC[C@@]5(C)[C@]3(C)CC4)OC[C@H](O)[C@@H]2O)[C@H](O)[C@H](O)[C@H]1O[C@@H]1OC[C@@H](O)[C@H](O)[C@H]1O. The van der Waals surface area contributed by atoms with Crippen molar-refractivity contribution in [1.82, 2.24) is 0 Å². The van der Waals surface area contributed by atoms with E-state index in [-0.39, 0.29) is 17.8 Å².